The maximum atomic E-state index is 12.7. The Bertz CT molecular complexity index is 1550. The number of carbonyl (C=O) groups is 2. The van der Waals surface area contributed by atoms with Crippen molar-refractivity contribution in [1.29, 1.82) is 0 Å². The summed E-state index contributed by atoms with van der Waals surface area (Å²) >= 11 is 0. The largest absolute Gasteiger partial charge is 0.454 e. The first kappa shape index (κ1) is 21.1. The van der Waals surface area contributed by atoms with E-state index in [2.05, 4.69) is 10.3 Å². The van der Waals surface area contributed by atoms with Crippen molar-refractivity contribution in [1.82, 2.24) is 9.55 Å². The summed E-state index contributed by atoms with van der Waals surface area (Å²) in [6.07, 6.45) is 1.27. The number of nitrogens with zero attached hydrogens (tertiary/aromatic N) is 2. The normalized spacial score (nSPS) is 10.9. The second kappa shape index (κ2) is 9.03. The second-order valence-electron chi connectivity index (χ2n) is 7.61. The second-order valence-corrected chi connectivity index (χ2v) is 7.61. The molecule has 8 heteroatoms. The standard InChI is InChI=1S/C26H19N3O5/c30-22(28-19-12-10-18(11-13-19)17-6-2-1-3-7-17)15-33-23(31)14-29-16-27-24-20-8-4-5-9-21(20)34-25(24)26(29)32/h1-13,16H,14-15H2,(H,28,30). The highest BCUT2D eigenvalue weighted by Crippen LogP contribution is 2.24. The van der Waals surface area contributed by atoms with Crippen LogP contribution in [0.15, 0.2) is 94.4 Å². The highest BCUT2D eigenvalue weighted by atomic mass is 16.5. The molecule has 1 N–H and O–H groups in total. The first-order valence-corrected chi connectivity index (χ1v) is 10.6. The molecule has 0 radical (unpaired) electrons. The van der Waals surface area contributed by atoms with E-state index in [1.807, 2.05) is 48.5 Å². The molecule has 0 aliphatic rings. The summed E-state index contributed by atoms with van der Waals surface area (Å²) in [7, 11) is 0. The Balaban J connectivity index is 1.19. The van der Waals surface area contributed by atoms with E-state index in [0.717, 1.165) is 21.1 Å². The number of rotatable bonds is 6. The van der Waals surface area contributed by atoms with Gasteiger partial charge in [0.15, 0.2) is 6.61 Å². The zero-order valence-electron chi connectivity index (χ0n) is 17.9. The molecule has 0 saturated heterocycles. The van der Waals surface area contributed by atoms with Crippen LogP contribution >= 0.6 is 0 Å². The number of hydrogen-bond donors (Lipinski definition) is 1. The Kier molecular flexibility index (Phi) is 5.61. The SMILES string of the molecule is O=C(COC(=O)Cn1cnc2c(oc3ccccc32)c1=O)Nc1ccc(-c2ccccc2)cc1. The molecule has 8 nitrogen and oxygen atoms in total. The number of esters is 1. The van der Waals surface area contributed by atoms with Gasteiger partial charge in [-0.25, -0.2) is 4.98 Å². The van der Waals surface area contributed by atoms with E-state index in [1.54, 1.807) is 30.3 Å². The summed E-state index contributed by atoms with van der Waals surface area (Å²) in [6, 6.07) is 24.4. The smallest absolute Gasteiger partial charge is 0.326 e. The molecule has 0 saturated carbocycles. The fourth-order valence-electron chi connectivity index (χ4n) is 3.63. The van der Waals surface area contributed by atoms with Gasteiger partial charge in [-0.2, -0.15) is 0 Å². The number of nitrogens with one attached hydrogen (secondary N) is 1. The van der Waals surface area contributed by atoms with Gasteiger partial charge in [0.2, 0.25) is 5.58 Å². The number of fused-ring (bicyclic) bond motifs is 3. The van der Waals surface area contributed by atoms with Crippen LogP contribution in [0, 0.1) is 0 Å². The third-order valence-corrected chi connectivity index (χ3v) is 5.29. The van der Waals surface area contributed by atoms with Gasteiger partial charge in [-0.05, 0) is 35.4 Å². The van der Waals surface area contributed by atoms with Crippen LogP contribution in [0.25, 0.3) is 33.2 Å². The van der Waals surface area contributed by atoms with E-state index in [9.17, 15) is 14.4 Å². The van der Waals surface area contributed by atoms with Crippen LogP contribution < -0.4 is 10.9 Å². The van der Waals surface area contributed by atoms with Crippen LogP contribution in [0.5, 0.6) is 0 Å². The summed E-state index contributed by atoms with van der Waals surface area (Å²) in [5.74, 6) is -1.23. The average Bonchev–Trinajstić information content (AvgIpc) is 3.25. The Morgan fingerprint density at radius 3 is 2.41 bits per heavy atom. The summed E-state index contributed by atoms with van der Waals surface area (Å²) in [4.78, 5) is 41.3. The monoisotopic (exact) mass is 453 g/mol. The lowest BCUT2D eigenvalue weighted by Crippen LogP contribution is -2.27. The van der Waals surface area contributed by atoms with E-state index >= 15 is 0 Å². The molecule has 5 rings (SSSR count). The number of hydrogen-bond acceptors (Lipinski definition) is 6. The molecule has 168 valence electrons. The minimum absolute atomic E-state index is 0.0631. The molecule has 3 aromatic carbocycles. The molecule has 0 aliphatic carbocycles. The first-order valence-electron chi connectivity index (χ1n) is 10.6. The van der Waals surface area contributed by atoms with Crippen LogP contribution in [0.3, 0.4) is 0 Å². The van der Waals surface area contributed by atoms with E-state index in [4.69, 9.17) is 9.15 Å². The Hall–Kier alpha value is -4.72. The average molecular weight is 453 g/mol. The van der Waals surface area contributed by atoms with Crippen molar-refractivity contribution in [3.63, 3.8) is 0 Å². The Morgan fingerprint density at radius 2 is 1.62 bits per heavy atom. The molecule has 0 unspecified atom stereocenters. The minimum Gasteiger partial charge on any atom is -0.454 e. The van der Waals surface area contributed by atoms with Gasteiger partial charge in [-0.3, -0.25) is 19.0 Å². The van der Waals surface area contributed by atoms with Crippen LogP contribution in [0.1, 0.15) is 0 Å². The fourth-order valence-corrected chi connectivity index (χ4v) is 3.63. The molecule has 0 bridgehead atoms. The molecule has 0 aliphatic heterocycles. The molecule has 34 heavy (non-hydrogen) atoms. The molecule has 0 spiro atoms. The number of ether oxygens (including phenoxy) is 1. The van der Waals surface area contributed by atoms with Gasteiger partial charge in [0.1, 0.15) is 17.6 Å². The zero-order chi connectivity index (χ0) is 23.5. The molecule has 1 amide bonds. The Morgan fingerprint density at radius 1 is 0.912 bits per heavy atom. The Labute approximate surface area is 193 Å². The van der Waals surface area contributed by atoms with Crippen molar-refractivity contribution in [2.75, 3.05) is 11.9 Å². The summed E-state index contributed by atoms with van der Waals surface area (Å²) in [6.45, 7) is -0.869. The number of anilines is 1. The third kappa shape index (κ3) is 4.29. The lowest BCUT2D eigenvalue weighted by molar-refractivity contribution is -0.147. The van der Waals surface area contributed by atoms with Crippen LogP contribution in [-0.4, -0.2) is 28.0 Å². The van der Waals surface area contributed by atoms with Crippen LogP contribution in [0.2, 0.25) is 0 Å². The molecule has 0 atom stereocenters. The summed E-state index contributed by atoms with van der Waals surface area (Å²) < 4.78 is 11.7. The molecule has 0 fully saturated rings. The number of para-hydroxylation sites is 1. The molecular weight excluding hydrogens is 434 g/mol. The number of carbonyl (C=O) groups excluding carboxylic acids is 2. The quantitative estimate of drug-likeness (QED) is 0.390. The van der Waals surface area contributed by atoms with Gasteiger partial charge in [-0.15, -0.1) is 0 Å². The van der Waals surface area contributed by atoms with E-state index in [-0.39, 0.29) is 5.58 Å². The summed E-state index contributed by atoms with van der Waals surface area (Å²) in [5.41, 5.74) is 3.20. The minimum atomic E-state index is -0.742. The third-order valence-electron chi connectivity index (χ3n) is 5.29. The maximum Gasteiger partial charge on any atom is 0.326 e. The van der Waals surface area contributed by atoms with Gasteiger partial charge >= 0.3 is 5.97 Å². The highest BCUT2D eigenvalue weighted by molar-refractivity contribution is 6.01. The molecule has 5 aromatic rings. The first-order chi connectivity index (χ1) is 16.6. The lowest BCUT2D eigenvalue weighted by Gasteiger charge is -2.08. The van der Waals surface area contributed by atoms with E-state index in [0.29, 0.717) is 16.8 Å². The molecular formula is C26H19N3O5. The van der Waals surface area contributed by atoms with Gasteiger partial charge in [0, 0.05) is 11.1 Å². The van der Waals surface area contributed by atoms with Gasteiger partial charge in [0.05, 0.1) is 6.33 Å². The highest BCUT2D eigenvalue weighted by Gasteiger charge is 2.15. The van der Waals surface area contributed by atoms with Crippen LogP contribution in [-0.2, 0) is 20.9 Å². The van der Waals surface area contributed by atoms with Gasteiger partial charge in [0.25, 0.3) is 11.5 Å². The predicted molar refractivity (Wildman–Crippen MR) is 127 cm³/mol. The van der Waals surface area contributed by atoms with Crippen molar-refractivity contribution >= 4 is 39.6 Å². The number of amides is 1. The van der Waals surface area contributed by atoms with Crippen LogP contribution in [0.4, 0.5) is 5.69 Å². The van der Waals surface area contributed by atoms with Gasteiger partial charge < -0.3 is 14.5 Å². The van der Waals surface area contributed by atoms with Crippen molar-refractivity contribution < 1.29 is 18.7 Å². The van der Waals surface area contributed by atoms with Crippen molar-refractivity contribution in [2.24, 2.45) is 0 Å². The zero-order valence-corrected chi connectivity index (χ0v) is 17.9. The molecule has 2 heterocycles. The predicted octanol–water partition coefficient (Wildman–Crippen LogP) is 3.99. The number of furan rings is 1. The van der Waals surface area contributed by atoms with E-state index < -0.39 is 30.6 Å². The number of aromatic nitrogens is 2. The van der Waals surface area contributed by atoms with Crippen molar-refractivity contribution in [3.05, 3.63) is 95.5 Å². The van der Waals surface area contributed by atoms with Crippen molar-refractivity contribution in [3.8, 4) is 11.1 Å². The van der Waals surface area contributed by atoms with Crippen molar-refractivity contribution in [2.45, 2.75) is 6.54 Å². The maximum absolute atomic E-state index is 12.7. The topological polar surface area (TPSA) is 103 Å². The lowest BCUT2D eigenvalue weighted by atomic mass is 10.1. The summed E-state index contributed by atoms with van der Waals surface area (Å²) in [5, 5.41) is 3.40. The number of benzene rings is 3. The fraction of sp³-hybridized carbons (Fsp3) is 0.0769. The molecule has 2 aromatic heterocycles. The van der Waals surface area contributed by atoms with E-state index in [1.165, 1.54) is 6.33 Å². The van der Waals surface area contributed by atoms with Gasteiger partial charge in [-0.1, -0.05) is 54.6 Å².